The number of rotatable bonds is 7. The smallest absolute Gasteiger partial charge is 0.252 e. The third kappa shape index (κ3) is 10.5. The standard InChI is InChI=1S/C118H92BN7O2/c1-115(2,3)69-49-57-98-86(61-69)87-62-70(116(4,5)6)50-58-99(87)120(98)73-53-55-90-106(65-73)125(104-47-27-37-84-82-35-25-45-102(111(82)127-113(84)104)123-94-41-21-15-31-78(94)79-32-16-22-42-95(79)123)108-67-75(122-92-39-19-13-29-76(92)77-30-14-20-40-93(77)122)68-109-110(108)119(90)91-56-54-74(121-100-59-51-71(117(7,8)9)63-88(100)89-64-72(118(10,11)12)52-60-101(89)121)66-107(91)126(109)105-48-28-38-85-83-36-26-46-103(112(83)128-114(85)105)124-96-43-23-17-33-80(96)81-34-18-24-44-97(81)124/h13-68H,1-12H3/i13D,14D,15D,16D,17D,18D,19D,20D,21D,22D,23D,24D,29D,30D,31D,32D,33D,34D,39D,40D,41D,42D,43D,44D. The second-order valence-corrected chi connectivity index (χ2v) is 38.3. The lowest BCUT2D eigenvalue weighted by Crippen LogP contribution is -2.61. The van der Waals surface area contributed by atoms with Crippen LogP contribution in [0.1, 0.15) is 138 Å². The van der Waals surface area contributed by atoms with Gasteiger partial charge >= 0.3 is 0 Å². The summed E-state index contributed by atoms with van der Waals surface area (Å²) in [6, 6.07) is 50.5. The van der Waals surface area contributed by atoms with Gasteiger partial charge in [0.2, 0.25) is 0 Å². The first kappa shape index (κ1) is 54.0. The number of hydrogen-bond acceptors (Lipinski definition) is 4. The van der Waals surface area contributed by atoms with Crippen molar-refractivity contribution in [2.24, 2.45) is 0 Å². The van der Waals surface area contributed by atoms with E-state index < -0.39 is 152 Å². The van der Waals surface area contributed by atoms with Gasteiger partial charge in [-0.05, 0) is 206 Å². The van der Waals surface area contributed by atoms with E-state index in [1.165, 1.54) is 13.7 Å². The highest BCUT2D eigenvalue weighted by Gasteiger charge is 2.46. The summed E-state index contributed by atoms with van der Waals surface area (Å²) in [7, 11) is 0. The van der Waals surface area contributed by atoms with Crippen molar-refractivity contribution in [2.75, 3.05) is 9.80 Å². The quantitative estimate of drug-likeness (QED) is 0.149. The Hall–Kier alpha value is -15.0. The molecule has 10 heteroatoms. The van der Waals surface area contributed by atoms with Crippen LogP contribution in [0.4, 0.5) is 34.1 Å². The summed E-state index contributed by atoms with van der Waals surface area (Å²) in [6.45, 7) is 25.4. The van der Waals surface area contributed by atoms with Crippen LogP contribution in [0, 0.1) is 0 Å². The van der Waals surface area contributed by atoms with Gasteiger partial charge < -0.3 is 41.5 Å². The summed E-state index contributed by atoms with van der Waals surface area (Å²) < 4.78 is 254. The second-order valence-electron chi connectivity index (χ2n) is 38.3. The molecule has 7 aromatic heterocycles. The summed E-state index contributed by atoms with van der Waals surface area (Å²) in [5.74, 6) is 0. The van der Waals surface area contributed by atoms with Gasteiger partial charge in [-0.2, -0.15) is 0 Å². The molecule has 0 atom stereocenters. The molecule has 0 N–H and O–H groups in total. The largest absolute Gasteiger partial charge is 0.452 e. The average molecular weight is 1680 g/mol. The van der Waals surface area contributed by atoms with E-state index in [1.807, 2.05) is 60.7 Å². The summed E-state index contributed by atoms with van der Waals surface area (Å²) in [5, 5.41) is 4.82. The zero-order valence-corrected chi connectivity index (χ0v) is 72.0. The number of nitrogens with zero attached hydrogens (tertiary/aromatic N) is 7. The number of anilines is 6. The van der Waals surface area contributed by atoms with Gasteiger partial charge in [-0.25, -0.2) is 0 Å². The van der Waals surface area contributed by atoms with Crippen LogP contribution in [0.3, 0.4) is 0 Å². The maximum Gasteiger partial charge on any atom is 0.252 e. The SMILES string of the molecule is [2H]c1c([2H])c([2H])c2c(c1[2H])c1c([2H])c([2H])c([2H])c([2H])c1n2-c1cc2c3c(c1)N(c1cccc4c1oc1c(-n5c6c([2H])c([2H])c([2H])c([2H])c6c6c([2H])c([2H])c([2H])c([2H])c65)cccc14)c1cc(-n4c5ccc(C(C)(C)C)cc5c5cc(C(C)(C)C)ccc54)ccc1B3c1ccc(-n3c4ccc(C(C)(C)C)cc4c4cc(C(C)(C)C)ccc43)cc1N2c1cccc2c1oc1c(-n3c4c([2H])c([2H])c([2H])c([2H])c4c4c([2H])c([2H])c([2H])c([2H])c43)cccc12. The lowest BCUT2D eigenvalue weighted by Gasteiger charge is -2.44. The Kier molecular flexibility index (Phi) is 11.1. The molecule has 24 aromatic rings. The van der Waals surface area contributed by atoms with E-state index in [0.717, 1.165) is 65.9 Å². The van der Waals surface area contributed by atoms with E-state index in [4.69, 9.17) is 14.3 Å². The summed E-state index contributed by atoms with van der Waals surface area (Å²) in [6.07, 6.45) is 0. The van der Waals surface area contributed by atoms with Crippen LogP contribution in [0.15, 0.2) is 348 Å². The van der Waals surface area contributed by atoms with Crippen molar-refractivity contribution < 1.29 is 41.7 Å². The molecule has 2 aliphatic heterocycles. The molecule has 9 heterocycles. The maximum absolute atomic E-state index is 10.4. The van der Waals surface area contributed by atoms with Crippen molar-refractivity contribution >= 4 is 210 Å². The fraction of sp³-hybridized carbons (Fsp3) is 0.136. The van der Waals surface area contributed by atoms with Crippen molar-refractivity contribution in [3.63, 3.8) is 0 Å². The minimum absolute atomic E-state index is 0.0966. The van der Waals surface area contributed by atoms with E-state index in [9.17, 15) is 27.4 Å². The first-order valence-electron chi connectivity index (χ1n) is 55.2. The lowest BCUT2D eigenvalue weighted by atomic mass is 9.33. The van der Waals surface area contributed by atoms with Gasteiger partial charge in [-0.15, -0.1) is 0 Å². The Morgan fingerprint density at radius 3 is 0.773 bits per heavy atom. The van der Waals surface area contributed by atoms with Crippen molar-refractivity contribution in [1.82, 2.24) is 22.8 Å². The summed E-state index contributed by atoms with van der Waals surface area (Å²) >= 11 is 0. The highest BCUT2D eigenvalue weighted by Crippen LogP contribution is 2.54. The fourth-order valence-electron chi connectivity index (χ4n) is 20.6. The van der Waals surface area contributed by atoms with Gasteiger partial charge in [0, 0.05) is 110 Å². The lowest BCUT2D eigenvalue weighted by molar-refractivity contribution is 0.590. The minimum atomic E-state index is -0.890. The molecule has 0 unspecified atom stereocenters. The van der Waals surface area contributed by atoms with Crippen LogP contribution in [-0.2, 0) is 21.7 Å². The number of benzene rings is 17. The van der Waals surface area contributed by atoms with Crippen molar-refractivity contribution in [3.8, 4) is 28.4 Å². The molecule has 0 saturated carbocycles. The van der Waals surface area contributed by atoms with E-state index in [-0.39, 0.29) is 126 Å². The topological polar surface area (TPSA) is 57.4 Å². The van der Waals surface area contributed by atoms with Crippen molar-refractivity contribution in [1.29, 1.82) is 0 Å². The molecular weight excluding hydrogens is 1560 g/mol. The molecule has 26 rings (SSSR count). The third-order valence-corrected chi connectivity index (χ3v) is 26.8. The zero-order chi connectivity index (χ0) is 107. The second kappa shape index (κ2) is 26.3. The molecule has 0 saturated heterocycles. The van der Waals surface area contributed by atoms with Gasteiger partial charge in [0.15, 0.2) is 22.3 Å². The van der Waals surface area contributed by atoms with Crippen molar-refractivity contribution in [2.45, 2.75) is 105 Å². The predicted octanol–water partition coefficient (Wildman–Crippen LogP) is 30.2. The number of fused-ring (bicyclic) bond motifs is 25. The maximum atomic E-state index is 10.4. The monoisotopic (exact) mass is 1670 g/mol. The molecule has 0 fully saturated rings. The van der Waals surface area contributed by atoms with Crippen LogP contribution in [-0.4, -0.2) is 29.5 Å². The molecule has 0 aliphatic carbocycles. The minimum Gasteiger partial charge on any atom is -0.452 e. The van der Waals surface area contributed by atoms with E-state index in [2.05, 4.69) is 211 Å². The molecular formula is C118H92BN7O2. The third-order valence-electron chi connectivity index (χ3n) is 26.8. The van der Waals surface area contributed by atoms with Gasteiger partial charge in [-0.3, -0.25) is 0 Å². The zero-order valence-electron chi connectivity index (χ0n) is 96.0. The fourth-order valence-corrected chi connectivity index (χ4v) is 20.6. The summed E-state index contributed by atoms with van der Waals surface area (Å²) in [5.41, 5.74) is 12.7. The van der Waals surface area contributed by atoms with Crippen LogP contribution in [0.2, 0.25) is 0 Å². The predicted molar refractivity (Wildman–Crippen MR) is 542 cm³/mol. The molecule has 0 amide bonds. The molecule has 17 aromatic carbocycles. The number of hydrogen-bond donors (Lipinski definition) is 0. The van der Waals surface area contributed by atoms with E-state index >= 15 is 0 Å². The Morgan fingerprint density at radius 1 is 0.219 bits per heavy atom. The first-order valence-corrected chi connectivity index (χ1v) is 43.2. The first-order chi connectivity index (χ1) is 72.0. The molecule has 128 heavy (non-hydrogen) atoms. The van der Waals surface area contributed by atoms with E-state index in [1.54, 1.807) is 24.3 Å². The Bertz CT molecular complexity index is 9680. The van der Waals surface area contributed by atoms with Crippen LogP contribution in [0.25, 0.3) is 181 Å². The van der Waals surface area contributed by atoms with Crippen LogP contribution >= 0.6 is 0 Å². The molecule has 2 aliphatic rings. The molecule has 614 valence electrons. The average Bonchev–Trinajstić information content (AvgIpc) is 1.25. The number of para-hydroxylation sites is 10. The van der Waals surface area contributed by atoms with Gasteiger partial charge in [0.1, 0.15) is 0 Å². The molecule has 0 spiro atoms. The Labute approximate surface area is 775 Å². The van der Waals surface area contributed by atoms with Crippen LogP contribution < -0.4 is 26.2 Å². The van der Waals surface area contributed by atoms with Gasteiger partial charge in [-0.1, -0.05) is 277 Å². The normalized spacial score (nSPS) is 16.0. The summed E-state index contributed by atoms with van der Waals surface area (Å²) in [4.78, 5) is 4.15. The van der Waals surface area contributed by atoms with E-state index in [0.29, 0.717) is 83.4 Å². The molecule has 9 nitrogen and oxygen atoms in total. The van der Waals surface area contributed by atoms with Crippen LogP contribution in [0.5, 0.6) is 0 Å². The highest BCUT2D eigenvalue weighted by molar-refractivity contribution is 7.00. The van der Waals surface area contributed by atoms with Gasteiger partial charge in [0.25, 0.3) is 6.71 Å². The molecule has 0 radical (unpaired) electrons. The Balaban J connectivity index is 0.852. The number of furan rings is 2. The highest BCUT2D eigenvalue weighted by atomic mass is 16.3. The van der Waals surface area contributed by atoms with Crippen molar-refractivity contribution in [3.05, 3.63) is 361 Å². The number of aromatic nitrogens is 5. The Morgan fingerprint density at radius 2 is 0.477 bits per heavy atom. The van der Waals surface area contributed by atoms with Gasteiger partial charge in [0.05, 0.1) is 117 Å². The molecule has 0 bridgehead atoms.